The molecule has 0 aromatic rings. The highest BCUT2D eigenvalue weighted by Crippen LogP contribution is 2.77. The zero-order valence-electron chi connectivity index (χ0n) is 27.8. The van der Waals surface area contributed by atoms with Crippen LogP contribution >= 0.6 is 0 Å². The Hall–Kier alpha value is -2.03. The number of ether oxygens (including phenoxy) is 2. The van der Waals surface area contributed by atoms with Crippen molar-refractivity contribution in [2.75, 3.05) is 6.61 Å². The number of rotatable bonds is 15. The van der Waals surface area contributed by atoms with Gasteiger partial charge in [0.05, 0.1) is 12.2 Å². The van der Waals surface area contributed by atoms with Gasteiger partial charge in [-0.25, -0.2) is 0 Å². The Morgan fingerprint density at radius 1 is 0.955 bits per heavy atom. The zero-order chi connectivity index (χ0) is 32.5. The predicted molar refractivity (Wildman–Crippen MR) is 167 cm³/mol. The van der Waals surface area contributed by atoms with Gasteiger partial charge in [0.1, 0.15) is 11.7 Å². The quantitative estimate of drug-likeness (QED) is 0.120. The molecule has 8 heteroatoms. The summed E-state index contributed by atoms with van der Waals surface area (Å²) >= 11 is 0. The van der Waals surface area contributed by atoms with E-state index in [4.69, 9.17) is 9.47 Å². The van der Waals surface area contributed by atoms with E-state index in [1.165, 1.54) is 51.9 Å². The Morgan fingerprint density at radius 3 is 2.07 bits per heavy atom. The Morgan fingerprint density at radius 2 is 1.52 bits per heavy atom. The number of aliphatic hydroxyl groups is 3. The van der Waals surface area contributed by atoms with Gasteiger partial charge >= 0.3 is 11.9 Å². The summed E-state index contributed by atoms with van der Waals surface area (Å²) in [5.41, 5.74) is -4.71. The van der Waals surface area contributed by atoms with E-state index in [2.05, 4.69) is 6.92 Å². The van der Waals surface area contributed by atoms with Gasteiger partial charge in [0.2, 0.25) is 0 Å². The van der Waals surface area contributed by atoms with E-state index in [0.717, 1.165) is 19.3 Å². The number of fused-ring (bicyclic) bond motifs is 5. The first-order valence-electron chi connectivity index (χ1n) is 17.1. The molecule has 0 saturated heterocycles. The highest BCUT2D eigenvalue weighted by Gasteiger charge is 2.87. The minimum atomic E-state index is -1.93. The molecule has 1 unspecified atom stereocenters. The average Bonchev–Trinajstić information content (AvgIpc) is 3.38. The third-order valence-corrected chi connectivity index (χ3v) is 11.5. The van der Waals surface area contributed by atoms with E-state index in [1.54, 1.807) is 26.0 Å². The molecule has 0 aliphatic heterocycles. The van der Waals surface area contributed by atoms with E-state index in [1.807, 2.05) is 13.8 Å². The molecule has 3 N–H and O–H groups in total. The van der Waals surface area contributed by atoms with Crippen LogP contribution in [0.3, 0.4) is 0 Å². The fourth-order valence-electron chi connectivity index (χ4n) is 9.20. The number of aliphatic hydroxyl groups excluding tert-OH is 1. The van der Waals surface area contributed by atoms with Crippen LogP contribution in [0.15, 0.2) is 23.3 Å². The maximum absolute atomic E-state index is 13.3. The van der Waals surface area contributed by atoms with Crippen molar-refractivity contribution in [3.05, 3.63) is 23.3 Å². The number of carbonyl (C=O) groups is 3. The second kappa shape index (κ2) is 13.4. The van der Waals surface area contributed by atoms with Crippen LogP contribution in [0.1, 0.15) is 125 Å². The van der Waals surface area contributed by atoms with Crippen molar-refractivity contribution in [3.8, 4) is 0 Å². The first-order valence-corrected chi connectivity index (χ1v) is 17.1. The van der Waals surface area contributed by atoms with Gasteiger partial charge in [-0.05, 0) is 24.5 Å². The summed E-state index contributed by atoms with van der Waals surface area (Å²) in [5, 5.41) is 34.8. The topological polar surface area (TPSA) is 130 Å². The SMILES string of the molecule is CCCCCCCCCCCCCC(=O)O[C@@H]1C(C)[C@@]2(O)[C@@H](C=C(CO)C[C@]3(O)C(=O)C(C)=C[C@@H]23)[C@@H]2C(C)(C)[C@]12OC(C)=O. The molecular formula is C36H56O8. The van der Waals surface area contributed by atoms with Gasteiger partial charge < -0.3 is 24.8 Å². The average molecular weight is 617 g/mol. The van der Waals surface area contributed by atoms with Gasteiger partial charge in [-0.15, -0.1) is 0 Å². The van der Waals surface area contributed by atoms with Crippen LogP contribution < -0.4 is 0 Å². The van der Waals surface area contributed by atoms with Crippen LogP contribution in [-0.2, 0) is 23.9 Å². The molecule has 0 bridgehead atoms. The van der Waals surface area contributed by atoms with E-state index < -0.39 is 69.7 Å². The van der Waals surface area contributed by atoms with E-state index in [0.29, 0.717) is 17.6 Å². The van der Waals surface area contributed by atoms with Crippen LogP contribution in [-0.4, -0.2) is 62.6 Å². The molecule has 8 nitrogen and oxygen atoms in total. The van der Waals surface area contributed by atoms with Crippen molar-refractivity contribution in [3.63, 3.8) is 0 Å². The summed E-state index contributed by atoms with van der Waals surface area (Å²) in [6.07, 6.45) is 15.4. The van der Waals surface area contributed by atoms with Crippen LogP contribution in [0.2, 0.25) is 0 Å². The van der Waals surface area contributed by atoms with Gasteiger partial charge in [-0.3, -0.25) is 14.4 Å². The number of Topliss-reactive ketones (excluding diaryl/α,β-unsaturated/α-hetero) is 1. The summed E-state index contributed by atoms with van der Waals surface area (Å²) in [6.45, 7) is 10.4. The standard InChI is InChI=1S/C36H56O8/c1-7-8-9-10-11-12-13-14-15-16-17-18-29(39)43-32-24(3)35(42)27(30-33(5,6)36(30,32)44-25(4)38)20-26(22-37)21-34(41)28(35)19-23(2)31(34)40/h19-20,24,27-28,30,32,37,41-42H,7-18,21-22H2,1-6H3/t24?,27-,28+,30+,32+,34+,35+,36+/m0/s1. The third-order valence-electron chi connectivity index (χ3n) is 11.5. The van der Waals surface area contributed by atoms with Crippen molar-refractivity contribution < 1.29 is 39.2 Å². The summed E-state index contributed by atoms with van der Waals surface area (Å²) in [5.74, 6) is -4.29. The van der Waals surface area contributed by atoms with Crippen molar-refractivity contribution in [1.82, 2.24) is 0 Å². The first-order chi connectivity index (χ1) is 20.7. The second-order valence-electron chi connectivity index (χ2n) is 14.7. The number of unbranched alkanes of at least 4 members (excludes halogenated alkanes) is 10. The smallest absolute Gasteiger partial charge is 0.306 e. The predicted octanol–water partition coefficient (Wildman–Crippen LogP) is 5.75. The molecule has 0 aromatic carbocycles. The van der Waals surface area contributed by atoms with Gasteiger partial charge in [-0.1, -0.05) is 104 Å². The van der Waals surface area contributed by atoms with Crippen LogP contribution in [0.4, 0.5) is 0 Å². The number of hydrogen-bond donors (Lipinski definition) is 3. The lowest BCUT2D eigenvalue weighted by Gasteiger charge is -2.53. The zero-order valence-corrected chi connectivity index (χ0v) is 27.8. The molecule has 4 rings (SSSR count). The lowest BCUT2D eigenvalue weighted by atomic mass is 9.59. The summed E-state index contributed by atoms with van der Waals surface area (Å²) in [4.78, 5) is 39.1. The Labute approximate surface area is 263 Å². The Bertz CT molecular complexity index is 1150. The monoisotopic (exact) mass is 616 g/mol. The van der Waals surface area contributed by atoms with Gasteiger partial charge in [0.15, 0.2) is 11.4 Å². The molecule has 2 fully saturated rings. The number of hydrogen-bond acceptors (Lipinski definition) is 8. The number of esters is 2. The number of ketones is 1. The molecule has 8 atom stereocenters. The molecule has 2 saturated carbocycles. The van der Waals surface area contributed by atoms with Crippen LogP contribution in [0.25, 0.3) is 0 Å². The van der Waals surface area contributed by atoms with Crippen LogP contribution in [0, 0.1) is 29.1 Å². The third kappa shape index (κ3) is 5.84. The molecule has 0 radical (unpaired) electrons. The fraction of sp³-hybridized carbons (Fsp3) is 0.806. The normalized spacial score (nSPS) is 36.8. The van der Waals surface area contributed by atoms with Crippen molar-refractivity contribution in [1.29, 1.82) is 0 Å². The van der Waals surface area contributed by atoms with Crippen molar-refractivity contribution >= 4 is 17.7 Å². The lowest BCUT2D eigenvalue weighted by Crippen LogP contribution is -2.66. The van der Waals surface area contributed by atoms with Crippen molar-refractivity contribution in [2.24, 2.45) is 29.1 Å². The maximum atomic E-state index is 13.3. The van der Waals surface area contributed by atoms with Crippen molar-refractivity contribution in [2.45, 2.75) is 148 Å². The summed E-state index contributed by atoms with van der Waals surface area (Å²) in [6, 6.07) is 0. The first kappa shape index (κ1) is 34.8. The molecule has 0 amide bonds. The second-order valence-corrected chi connectivity index (χ2v) is 14.7. The molecule has 4 aliphatic rings. The fourth-order valence-corrected chi connectivity index (χ4v) is 9.20. The van der Waals surface area contributed by atoms with E-state index in [-0.39, 0.29) is 19.4 Å². The minimum absolute atomic E-state index is 0.108. The maximum Gasteiger partial charge on any atom is 0.306 e. The highest BCUT2D eigenvalue weighted by molar-refractivity contribution is 6.04. The molecular weight excluding hydrogens is 560 g/mol. The molecule has 0 aromatic heterocycles. The molecule has 4 aliphatic carbocycles. The van der Waals surface area contributed by atoms with E-state index in [9.17, 15) is 29.7 Å². The number of carbonyl (C=O) groups excluding carboxylic acids is 3. The Kier molecular flexibility index (Phi) is 10.6. The lowest BCUT2D eigenvalue weighted by molar-refractivity contribution is -0.228. The minimum Gasteiger partial charge on any atom is -0.458 e. The molecule has 248 valence electrons. The van der Waals surface area contributed by atoms with E-state index >= 15 is 0 Å². The summed E-state index contributed by atoms with van der Waals surface area (Å²) < 4.78 is 12.3. The Balaban J connectivity index is 1.51. The largest absolute Gasteiger partial charge is 0.458 e. The highest BCUT2D eigenvalue weighted by atomic mass is 16.6. The molecule has 0 spiro atoms. The van der Waals surface area contributed by atoms with Gasteiger partial charge in [0, 0.05) is 48.9 Å². The van der Waals surface area contributed by atoms with Gasteiger partial charge in [-0.2, -0.15) is 0 Å². The molecule has 0 heterocycles. The van der Waals surface area contributed by atoms with Gasteiger partial charge in [0.25, 0.3) is 0 Å². The summed E-state index contributed by atoms with van der Waals surface area (Å²) in [7, 11) is 0. The molecule has 44 heavy (non-hydrogen) atoms. The van der Waals surface area contributed by atoms with Crippen LogP contribution in [0.5, 0.6) is 0 Å².